The minimum atomic E-state index is -1.20. The van der Waals surface area contributed by atoms with Crippen molar-refractivity contribution in [1.82, 2.24) is 10.6 Å². The summed E-state index contributed by atoms with van der Waals surface area (Å²) in [7, 11) is 0. The average molecular weight is 339 g/mol. The minimum absolute atomic E-state index is 0.119. The Labute approximate surface area is 143 Å². The molecule has 0 saturated heterocycles. The lowest BCUT2D eigenvalue weighted by Crippen LogP contribution is -2.39. The van der Waals surface area contributed by atoms with Gasteiger partial charge >= 0.3 is 5.97 Å². The molecule has 1 unspecified atom stereocenters. The monoisotopic (exact) mass is 339 g/mol. The van der Waals surface area contributed by atoms with E-state index in [1.165, 1.54) is 0 Å². The average Bonchev–Trinajstić information content (AvgIpc) is 2.91. The molecular weight excluding hydrogens is 310 g/mol. The Balaban J connectivity index is 2.57. The van der Waals surface area contributed by atoms with Gasteiger partial charge in [0.2, 0.25) is 0 Å². The van der Waals surface area contributed by atoms with Crippen molar-refractivity contribution in [3.8, 4) is 0 Å². The van der Waals surface area contributed by atoms with Crippen LogP contribution in [0.5, 0.6) is 0 Å². The molecule has 0 aliphatic carbocycles. The van der Waals surface area contributed by atoms with Crippen molar-refractivity contribution in [2.24, 2.45) is 4.99 Å². The largest absolute Gasteiger partial charge is 0.463 e. The van der Waals surface area contributed by atoms with Gasteiger partial charge in [0.15, 0.2) is 5.96 Å². The fraction of sp³-hybridized carbons (Fsp3) is 0.647. The summed E-state index contributed by atoms with van der Waals surface area (Å²) in [6.07, 6.45) is 0.127. The Bertz CT molecular complexity index is 550. The van der Waals surface area contributed by atoms with E-state index in [2.05, 4.69) is 15.6 Å². The summed E-state index contributed by atoms with van der Waals surface area (Å²) < 4.78 is 10.5. The highest BCUT2D eigenvalue weighted by Gasteiger charge is 2.26. The van der Waals surface area contributed by atoms with Gasteiger partial charge in [0, 0.05) is 13.1 Å². The van der Waals surface area contributed by atoms with E-state index in [0.29, 0.717) is 24.8 Å². The molecule has 0 aliphatic heterocycles. The third-order valence-corrected chi connectivity index (χ3v) is 3.15. The van der Waals surface area contributed by atoms with Gasteiger partial charge in [-0.3, -0.25) is 4.79 Å². The maximum atomic E-state index is 11.5. The highest BCUT2D eigenvalue weighted by molar-refractivity contribution is 5.80. The highest BCUT2D eigenvalue weighted by Crippen LogP contribution is 2.22. The molecule has 0 bridgehead atoms. The number of aliphatic hydroxyl groups is 1. The van der Waals surface area contributed by atoms with Crippen LogP contribution < -0.4 is 10.6 Å². The van der Waals surface area contributed by atoms with Crippen molar-refractivity contribution >= 4 is 11.9 Å². The van der Waals surface area contributed by atoms with Gasteiger partial charge in [0.25, 0.3) is 0 Å². The van der Waals surface area contributed by atoms with Crippen molar-refractivity contribution in [3.05, 3.63) is 23.7 Å². The van der Waals surface area contributed by atoms with E-state index in [4.69, 9.17) is 9.15 Å². The quantitative estimate of drug-likeness (QED) is 0.379. The van der Waals surface area contributed by atoms with Crippen molar-refractivity contribution in [2.75, 3.05) is 19.6 Å². The molecule has 7 nitrogen and oxygen atoms in total. The molecule has 24 heavy (non-hydrogen) atoms. The number of hydrogen-bond acceptors (Lipinski definition) is 5. The van der Waals surface area contributed by atoms with Crippen LogP contribution in [0.25, 0.3) is 0 Å². The number of carbonyl (C=O) groups is 1. The van der Waals surface area contributed by atoms with E-state index in [0.717, 1.165) is 5.76 Å². The van der Waals surface area contributed by atoms with E-state index in [-0.39, 0.29) is 25.0 Å². The van der Waals surface area contributed by atoms with Crippen LogP contribution in [-0.4, -0.2) is 42.8 Å². The van der Waals surface area contributed by atoms with Crippen molar-refractivity contribution < 1.29 is 19.1 Å². The number of nitrogens with zero attached hydrogens (tertiary/aromatic N) is 1. The van der Waals surface area contributed by atoms with Crippen molar-refractivity contribution in [3.63, 3.8) is 0 Å². The summed E-state index contributed by atoms with van der Waals surface area (Å²) in [5, 5.41) is 16.6. The Hall–Kier alpha value is -2.02. The van der Waals surface area contributed by atoms with Gasteiger partial charge in [-0.1, -0.05) is 0 Å². The van der Waals surface area contributed by atoms with Crippen LogP contribution in [0.4, 0.5) is 0 Å². The molecule has 0 amide bonds. The molecule has 7 heteroatoms. The lowest BCUT2D eigenvalue weighted by molar-refractivity contribution is -0.147. The second-order valence-corrected chi connectivity index (χ2v) is 6.09. The van der Waals surface area contributed by atoms with Crippen molar-refractivity contribution in [1.29, 1.82) is 0 Å². The molecule has 1 heterocycles. The first kappa shape index (κ1) is 20.0. The maximum Gasteiger partial charge on any atom is 0.307 e. The SMILES string of the molecule is CCNC(=NCC(C)(O)c1ccc(C)o1)NCCC(=O)OC(C)C. The lowest BCUT2D eigenvalue weighted by Gasteiger charge is -2.19. The first-order valence-corrected chi connectivity index (χ1v) is 8.25. The van der Waals surface area contributed by atoms with Gasteiger partial charge in [-0.25, -0.2) is 4.99 Å². The third-order valence-electron chi connectivity index (χ3n) is 3.15. The van der Waals surface area contributed by atoms with Crippen LogP contribution in [0.2, 0.25) is 0 Å². The molecule has 1 aromatic heterocycles. The first-order valence-electron chi connectivity index (χ1n) is 8.25. The topological polar surface area (TPSA) is 96.1 Å². The fourth-order valence-electron chi connectivity index (χ4n) is 1.98. The summed E-state index contributed by atoms with van der Waals surface area (Å²) in [5.74, 6) is 1.48. The van der Waals surface area contributed by atoms with Crippen LogP contribution in [0.15, 0.2) is 21.5 Å². The van der Waals surface area contributed by atoms with Gasteiger partial charge in [0.1, 0.15) is 17.1 Å². The Morgan fingerprint density at radius 1 is 1.42 bits per heavy atom. The highest BCUT2D eigenvalue weighted by atomic mass is 16.5. The first-order chi connectivity index (χ1) is 11.2. The molecule has 0 aromatic carbocycles. The van der Waals surface area contributed by atoms with Gasteiger partial charge in [-0.05, 0) is 46.8 Å². The van der Waals surface area contributed by atoms with Crippen molar-refractivity contribution in [2.45, 2.75) is 52.7 Å². The molecule has 0 radical (unpaired) electrons. The van der Waals surface area contributed by atoms with Crippen LogP contribution >= 0.6 is 0 Å². The number of nitrogens with one attached hydrogen (secondary N) is 2. The molecule has 1 atom stereocenters. The van der Waals surface area contributed by atoms with Gasteiger partial charge < -0.3 is 24.9 Å². The van der Waals surface area contributed by atoms with E-state index in [9.17, 15) is 9.90 Å². The van der Waals surface area contributed by atoms with Gasteiger partial charge in [-0.2, -0.15) is 0 Å². The van der Waals surface area contributed by atoms with Gasteiger partial charge in [-0.15, -0.1) is 0 Å². The van der Waals surface area contributed by atoms with Crippen LogP contribution in [0.1, 0.15) is 45.6 Å². The predicted molar refractivity (Wildman–Crippen MR) is 92.8 cm³/mol. The van der Waals surface area contributed by atoms with E-state index in [1.807, 2.05) is 27.7 Å². The zero-order valence-electron chi connectivity index (χ0n) is 15.2. The number of esters is 1. The van der Waals surface area contributed by atoms with Crippen LogP contribution in [-0.2, 0) is 15.1 Å². The molecule has 1 aromatic rings. The smallest absolute Gasteiger partial charge is 0.307 e. The molecule has 0 fully saturated rings. The second kappa shape index (κ2) is 9.32. The maximum absolute atomic E-state index is 11.5. The van der Waals surface area contributed by atoms with Crippen LogP contribution in [0, 0.1) is 6.92 Å². The normalized spacial score (nSPS) is 14.4. The Kier molecular flexibility index (Phi) is 7.78. The summed E-state index contributed by atoms with van der Waals surface area (Å²) in [6.45, 7) is 10.3. The number of aliphatic imine (C=N–C) groups is 1. The second-order valence-electron chi connectivity index (χ2n) is 6.09. The van der Waals surface area contributed by atoms with E-state index < -0.39 is 5.60 Å². The number of hydrogen-bond donors (Lipinski definition) is 3. The minimum Gasteiger partial charge on any atom is -0.463 e. The fourth-order valence-corrected chi connectivity index (χ4v) is 1.98. The molecular formula is C17H29N3O4. The van der Waals surface area contributed by atoms with E-state index >= 15 is 0 Å². The summed E-state index contributed by atoms with van der Waals surface area (Å²) in [6, 6.07) is 3.55. The van der Waals surface area contributed by atoms with Crippen LogP contribution in [0.3, 0.4) is 0 Å². The number of furan rings is 1. The summed E-state index contributed by atoms with van der Waals surface area (Å²) in [4.78, 5) is 15.9. The Morgan fingerprint density at radius 2 is 2.12 bits per heavy atom. The lowest BCUT2D eigenvalue weighted by atomic mass is 10.0. The zero-order valence-corrected chi connectivity index (χ0v) is 15.2. The number of carbonyl (C=O) groups excluding carboxylic acids is 1. The van der Waals surface area contributed by atoms with E-state index in [1.54, 1.807) is 19.1 Å². The van der Waals surface area contributed by atoms with Gasteiger partial charge in [0.05, 0.1) is 19.1 Å². The molecule has 0 spiro atoms. The number of rotatable bonds is 8. The summed E-state index contributed by atoms with van der Waals surface area (Å²) >= 11 is 0. The number of ether oxygens (including phenoxy) is 1. The number of guanidine groups is 1. The molecule has 1 rings (SSSR count). The summed E-state index contributed by atoms with van der Waals surface area (Å²) in [5.41, 5.74) is -1.20. The predicted octanol–water partition coefficient (Wildman–Crippen LogP) is 1.69. The third kappa shape index (κ3) is 7.04. The number of aryl methyl sites for hydroxylation is 1. The Morgan fingerprint density at radius 3 is 2.67 bits per heavy atom. The molecule has 136 valence electrons. The molecule has 3 N–H and O–H groups in total. The zero-order chi connectivity index (χ0) is 18.2. The standard InChI is InChI=1S/C17H29N3O4/c1-6-18-16(19-10-9-15(21)23-12(2)3)20-11-17(5,22)14-8-7-13(4)24-14/h7-8,12,22H,6,9-11H2,1-5H3,(H2,18,19,20). The molecule has 0 saturated carbocycles. The molecule has 0 aliphatic rings.